The first-order valence-electron chi connectivity index (χ1n) is 5.60. The van der Waals surface area contributed by atoms with Gasteiger partial charge in [0.2, 0.25) is 0 Å². The maximum atomic E-state index is 11.2. The Bertz CT molecular complexity index is 605. The zero-order valence-electron chi connectivity index (χ0n) is 10.1. The van der Waals surface area contributed by atoms with E-state index in [9.17, 15) is 9.90 Å². The van der Waals surface area contributed by atoms with E-state index in [1.807, 2.05) is 20.0 Å². The van der Waals surface area contributed by atoms with Crippen LogP contribution < -0.4 is 0 Å². The first kappa shape index (κ1) is 12.6. The predicted octanol–water partition coefficient (Wildman–Crippen LogP) is 3.23. The maximum Gasteiger partial charge on any atom is 0.336 e. The van der Waals surface area contributed by atoms with Gasteiger partial charge in [-0.25, -0.2) is 4.79 Å². The number of carboxylic acids is 1. The zero-order chi connectivity index (χ0) is 13.3. The highest BCUT2D eigenvalue weighted by molar-refractivity contribution is 6.31. The van der Waals surface area contributed by atoms with Gasteiger partial charge in [-0.1, -0.05) is 11.6 Å². The summed E-state index contributed by atoms with van der Waals surface area (Å²) in [6, 6.07) is 4.76. The molecule has 0 fully saturated rings. The van der Waals surface area contributed by atoms with E-state index in [1.54, 1.807) is 16.8 Å². The van der Waals surface area contributed by atoms with Crippen molar-refractivity contribution < 1.29 is 9.90 Å². The molecule has 1 heterocycles. The van der Waals surface area contributed by atoms with Crippen molar-refractivity contribution in [1.29, 1.82) is 0 Å². The molecule has 2 rings (SSSR count). The van der Waals surface area contributed by atoms with Gasteiger partial charge in [-0.3, -0.25) is 4.68 Å². The highest BCUT2D eigenvalue weighted by Crippen LogP contribution is 2.29. The molecule has 1 aromatic heterocycles. The molecule has 0 spiro atoms. The summed E-state index contributed by atoms with van der Waals surface area (Å²) in [5.41, 5.74) is 2.43. The molecule has 0 atom stereocenters. The molecule has 2 aromatic rings. The molecule has 0 aliphatic rings. The molecule has 0 aliphatic heterocycles. The fourth-order valence-electron chi connectivity index (χ4n) is 1.87. The number of hydrogen-bond donors (Lipinski definition) is 1. The normalized spacial score (nSPS) is 10.6. The second-order valence-corrected chi connectivity index (χ2v) is 4.42. The average Bonchev–Trinajstić information content (AvgIpc) is 2.70. The minimum Gasteiger partial charge on any atom is -0.478 e. The molecule has 0 saturated carbocycles. The largest absolute Gasteiger partial charge is 0.478 e. The van der Waals surface area contributed by atoms with Gasteiger partial charge in [0.15, 0.2) is 0 Å². The molecular formula is C13H13ClN2O2. The van der Waals surface area contributed by atoms with E-state index in [-0.39, 0.29) is 5.56 Å². The molecule has 18 heavy (non-hydrogen) atoms. The van der Waals surface area contributed by atoms with Crippen LogP contribution in [-0.2, 0) is 6.54 Å². The molecule has 0 aliphatic carbocycles. The van der Waals surface area contributed by atoms with Gasteiger partial charge in [0.1, 0.15) is 0 Å². The van der Waals surface area contributed by atoms with E-state index in [4.69, 9.17) is 11.6 Å². The van der Waals surface area contributed by atoms with Gasteiger partial charge in [-0.15, -0.1) is 0 Å². The summed E-state index contributed by atoms with van der Waals surface area (Å²) in [4.78, 5) is 11.2. The Morgan fingerprint density at radius 3 is 2.72 bits per heavy atom. The standard InChI is InChI=1S/C13H13ClN2O2/c1-3-16-7-12(8(2)15-16)11-6-9(14)4-5-10(11)13(17)18/h4-7H,3H2,1-2H3,(H,17,18). The molecule has 0 bridgehead atoms. The fraction of sp³-hybridized carbons (Fsp3) is 0.231. The number of rotatable bonds is 3. The Morgan fingerprint density at radius 1 is 1.44 bits per heavy atom. The Morgan fingerprint density at radius 2 is 2.17 bits per heavy atom. The van der Waals surface area contributed by atoms with Crippen LogP contribution >= 0.6 is 11.6 Å². The molecule has 0 amide bonds. The number of carboxylic acid groups (broad SMARTS) is 1. The summed E-state index contributed by atoms with van der Waals surface area (Å²) >= 11 is 5.94. The van der Waals surface area contributed by atoms with Gasteiger partial charge >= 0.3 is 5.97 Å². The second kappa shape index (κ2) is 4.82. The minimum absolute atomic E-state index is 0.234. The lowest BCUT2D eigenvalue weighted by atomic mass is 10.0. The number of nitrogens with zero attached hydrogens (tertiary/aromatic N) is 2. The first-order chi connectivity index (χ1) is 8.52. The van der Waals surface area contributed by atoms with Crippen LogP contribution in [0.3, 0.4) is 0 Å². The van der Waals surface area contributed by atoms with Crippen molar-refractivity contribution in [2.45, 2.75) is 20.4 Å². The highest BCUT2D eigenvalue weighted by Gasteiger charge is 2.16. The smallest absolute Gasteiger partial charge is 0.336 e. The van der Waals surface area contributed by atoms with Crippen LogP contribution in [0.15, 0.2) is 24.4 Å². The molecule has 5 heteroatoms. The number of aromatic carboxylic acids is 1. The van der Waals surface area contributed by atoms with Gasteiger partial charge in [0.05, 0.1) is 11.3 Å². The summed E-state index contributed by atoms with van der Waals surface area (Å²) in [6.07, 6.45) is 1.84. The van der Waals surface area contributed by atoms with E-state index in [0.717, 1.165) is 17.8 Å². The summed E-state index contributed by atoms with van der Waals surface area (Å²) < 4.78 is 1.78. The van der Waals surface area contributed by atoms with Crippen molar-refractivity contribution >= 4 is 17.6 Å². The van der Waals surface area contributed by atoms with Gasteiger partial charge in [0.25, 0.3) is 0 Å². The van der Waals surface area contributed by atoms with Crippen LogP contribution in [0.2, 0.25) is 5.02 Å². The third-order valence-electron chi connectivity index (χ3n) is 2.77. The highest BCUT2D eigenvalue weighted by atomic mass is 35.5. The number of halogens is 1. The van der Waals surface area contributed by atoms with Gasteiger partial charge in [-0.05, 0) is 32.0 Å². The van der Waals surface area contributed by atoms with Crippen molar-refractivity contribution in [2.24, 2.45) is 0 Å². The molecule has 1 N–H and O–H groups in total. The lowest BCUT2D eigenvalue weighted by Crippen LogP contribution is -1.99. The Balaban J connectivity index is 2.64. The van der Waals surface area contributed by atoms with Gasteiger partial charge in [0, 0.05) is 28.9 Å². The number of carbonyl (C=O) groups is 1. The number of aryl methyl sites for hydroxylation is 2. The first-order valence-corrected chi connectivity index (χ1v) is 5.98. The molecule has 0 radical (unpaired) electrons. The number of benzene rings is 1. The molecule has 94 valence electrons. The lowest BCUT2D eigenvalue weighted by Gasteiger charge is -2.05. The summed E-state index contributed by atoms with van der Waals surface area (Å²) in [6.45, 7) is 4.57. The van der Waals surface area contributed by atoms with Crippen molar-refractivity contribution in [1.82, 2.24) is 9.78 Å². The van der Waals surface area contributed by atoms with E-state index in [0.29, 0.717) is 10.6 Å². The minimum atomic E-state index is -0.967. The summed E-state index contributed by atoms with van der Waals surface area (Å²) in [7, 11) is 0. The van der Waals surface area contributed by atoms with Crippen LogP contribution in [0.1, 0.15) is 23.0 Å². The van der Waals surface area contributed by atoms with Crippen LogP contribution in [0.5, 0.6) is 0 Å². The fourth-order valence-corrected chi connectivity index (χ4v) is 2.04. The Labute approximate surface area is 110 Å². The maximum absolute atomic E-state index is 11.2. The Kier molecular flexibility index (Phi) is 3.39. The molecular weight excluding hydrogens is 252 g/mol. The van der Waals surface area contributed by atoms with E-state index in [2.05, 4.69) is 5.10 Å². The van der Waals surface area contributed by atoms with Crippen molar-refractivity contribution in [3.63, 3.8) is 0 Å². The van der Waals surface area contributed by atoms with Crippen molar-refractivity contribution in [3.05, 3.63) is 40.7 Å². The monoisotopic (exact) mass is 264 g/mol. The summed E-state index contributed by atoms with van der Waals surface area (Å²) in [5.74, 6) is -0.967. The average molecular weight is 265 g/mol. The van der Waals surface area contributed by atoms with Crippen LogP contribution in [0, 0.1) is 6.92 Å². The Hall–Kier alpha value is -1.81. The quantitative estimate of drug-likeness (QED) is 0.926. The number of hydrogen-bond acceptors (Lipinski definition) is 2. The molecule has 0 unspecified atom stereocenters. The molecule has 1 aromatic carbocycles. The van der Waals surface area contributed by atoms with Crippen LogP contribution in [-0.4, -0.2) is 20.9 Å². The third-order valence-corrected chi connectivity index (χ3v) is 3.01. The topological polar surface area (TPSA) is 55.1 Å². The van der Waals surface area contributed by atoms with Crippen molar-refractivity contribution in [3.8, 4) is 11.1 Å². The van der Waals surface area contributed by atoms with Crippen LogP contribution in [0.25, 0.3) is 11.1 Å². The predicted molar refractivity (Wildman–Crippen MR) is 70.0 cm³/mol. The van der Waals surface area contributed by atoms with Gasteiger partial charge < -0.3 is 5.11 Å². The molecule has 0 saturated heterocycles. The van der Waals surface area contributed by atoms with E-state index in [1.165, 1.54) is 6.07 Å². The van der Waals surface area contributed by atoms with Crippen LogP contribution in [0.4, 0.5) is 0 Å². The SMILES string of the molecule is CCn1cc(-c2cc(Cl)ccc2C(=O)O)c(C)n1. The summed E-state index contributed by atoms with van der Waals surface area (Å²) in [5, 5.41) is 14.0. The third kappa shape index (κ3) is 2.24. The number of aromatic nitrogens is 2. The zero-order valence-corrected chi connectivity index (χ0v) is 10.9. The van der Waals surface area contributed by atoms with Gasteiger partial charge in [-0.2, -0.15) is 5.10 Å². The van der Waals surface area contributed by atoms with Crippen molar-refractivity contribution in [2.75, 3.05) is 0 Å². The van der Waals surface area contributed by atoms with E-state index < -0.39 is 5.97 Å². The van der Waals surface area contributed by atoms with E-state index >= 15 is 0 Å². The second-order valence-electron chi connectivity index (χ2n) is 3.98. The lowest BCUT2D eigenvalue weighted by molar-refractivity contribution is 0.0698. The molecule has 4 nitrogen and oxygen atoms in total.